The Kier molecular flexibility index (Phi) is 3.77. The third kappa shape index (κ3) is 2.85. The van der Waals surface area contributed by atoms with Crippen LogP contribution in [0.4, 0.5) is 0 Å². The minimum absolute atomic E-state index is 0.288. The Hall–Kier alpha value is -1.81. The molecule has 1 N–H and O–H groups in total. The molecule has 1 aromatic heterocycles. The van der Waals surface area contributed by atoms with E-state index >= 15 is 0 Å². The van der Waals surface area contributed by atoms with Gasteiger partial charge in [-0.25, -0.2) is 4.79 Å². The minimum Gasteiger partial charge on any atom is -0.462 e. The van der Waals surface area contributed by atoms with E-state index < -0.39 is 0 Å². The molecule has 1 aromatic carbocycles. The Bertz CT molecular complexity index is 504. The van der Waals surface area contributed by atoms with Gasteiger partial charge in [0.1, 0.15) is 0 Å². The van der Waals surface area contributed by atoms with Gasteiger partial charge in [-0.2, -0.15) is 0 Å². The quantitative estimate of drug-likeness (QED) is 0.637. The summed E-state index contributed by atoms with van der Waals surface area (Å²) in [5.41, 5.74) is 1.59. The molecule has 4 nitrogen and oxygen atoms in total. The van der Waals surface area contributed by atoms with Crippen LogP contribution in [0.25, 0.3) is 10.9 Å². The molecule has 0 aliphatic heterocycles. The molecular weight excluding hydrogens is 218 g/mol. The summed E-state index contributed by atoms with van der Waals surface area (Å²) in [7, 11) is 1.63. The predicted octanol–water partition coefficient (Wildman–Crippen LogP) is 2.36. The SMILES string of the molecule is COCCCOC(=O)c1ccc2[nH]ccc2c1. The molecule has 90 valence electrons. The monoisotopic (exact) mass is 233 g/mol. The van der Waals surface area contributed by atoms with Crippen molar-refractivity contribution in [3.05, 3.63) is 36.0 Å². The number of hydrogen-bond acceptors (Lipinski definition) is 3. The topological polar surface area (TPSA) is 51.3 Å². The van der Waals surface area contributed by atoms with E-state index in [1.54, 1.807) is 13.2 Å². The van der Waals surface area contributed by atoms with Gasteiger partial charge in [0.15, 0.2) is 0 Å². The van der Waals surface area contributed by atoms with Gasteiger partial charge in [-0.1, -0.05) is 0 Å². The summed E-state index contributed by atoms with van der Waals surface area (Å²) in [6.07, 6.45) is 2.56. The van der Waals surface area contributed by atoms with E-state index in [1.165, 1.54) is 0 Å². The number of rotatable bonds is 5. The lowest BCUT2D eigenvalue weighted by Crippen LogP contribution is -2.07. The fourth-order valence-corrected chi connectivity index (χ4v) is 1.63. The van der Waals surface area contributed by atoms with Crippen LogP contribution in [-0.4, -0.2) is 31.3 Å². The number of ether oxygens (including phenoxy) is 2. The average molecular weight is 233 g/mol. The van der Waals surface area contributed by atoms with E-state index in [-0.39, 0.29) is 5.97 Å². The lowest BCUT2D eigenvalue weighted by Gasteiger charge is -2.04. The van der Waals surface area contributed by atoms with E-state index in [9.17, 15) is 4.79 Å². The zero-order valence-corrected chi connectivity index (χ0v) is 9.73. The number of fused-ring (bicyclic) bond motifs is 1. The van der Waals surface area contributed by atoms with Crippen LogP contribution in [0, 0.1) is 0 Å². The number of carbonyl (C=O) groups is 1. The number of carbonyl (C=O) groups excluding carboxylic acids is 1. The second kappa shape index (κ2) is 5.50. The first kappa shape index (κ1) is 11.7. The minimum atomic E-state index is -0.288. The second-order valence-electron chi connectivity index (χ2n) is 3.76. The summed E-state index contributed by atoms with van der Waals surface area (Å²) in [4.78, 5) is 14.8. The maximum atomic E-state index is 11.7. The van der Waals surface area contributed by atoms with E-state index in [0.29, 0.717) is 25.2 Å². The average Bonchev–Trinajstić information content (AvgIpc) is 2.81. The lowest BCUT2D eigenvalue weighted by atomic mass is 10.1. The molecule has 0 spiro atoms. The molecule has 1 heterocycles. The largest absolute Gasteiger partial charge is 0.462 e. The molecule has 17 heavy (non-hydrogen) atoms. The molecule has 2 aromatic rings. The highest BCUT2D eigenvalue weighted by Crippen LogP contribution is 2.14. The van der Waals surface area contributed by atoms with Crippen LogP contribution in [0.15, 0.2) is 30.5 Å². The summed E-state index contributed by atoms with van der Waals surface area (Å²) in [5.74, 6) is -0.288. The van der Waals surface area contributed by atoms with E-state index in [2.05, 4.69) is 4.98 Å². The Labute approximate surface area is 99.5 Å². The third-order valence-electron chi connectivity index (χ3n) is 2.51. The van der Waals surface area contributed by atoms with Crippen molar-refractivity contribution in [3.8, 4) is 0 Å². The number of esters is 1. The molecule has 0 fully saturated rings. The highest BCUT2D eigenvalue weighted by atomic mass is 16.5. The van der Waals surface area contributed by atoms with Gasteiger partial charge in [-0.15, -0.1) is 0 Å². The first-order chi connectivity index (χ1) is 8.31. The summed E-state index contributed by atoms with van der Waals surface area (Å²) >= 11 is 0. The summed E-state index contributed by atoms with van der Waals surface area (Å²) in [6, 6.07) is 7.39. The van der Waals surface area contributed by atoms with Gasteiger partial charge in [-0.05, 0) is 24.3 Å². The van der Waals surface area contributed by atoms with Crippen molar-refractivity contribution in [1.82, 2.24) is 4.98 Å². The van der Waals surface area contributed by atoms with Gasteiger partial charge in [0.2, 0.25) is 0 Å². The number of methoxy groups -OCH3 is 1. The molecular formula is C13H15NO3. The van der Waals surface area contributed by atoms with Crippen molar-refractivity contribution in [1.29, 1.82) is 0 Å². The van der Waals surface area contributed by atoms with Crippen LogP contribution in [0.1, 0.15) is 16.8 Å². The van der Waals surface area contributed by atoms with E-state index in [1.807, 2.05) is 24.4 Å². The van der Waals surface area contributed by atoms with Crippen LogP contribution < -0.4 is 0 Å². The van der Waals surface area contributed by atoms with Crippen LogP contribution in [0.5, 0.6) is 0 Å². The molecule has 0 amide bonds. The highest BCUT2D eigenvalue weighted by molar-refractivity contribution is 5.94. The number of nitrogens with one attached hydrogen (secondary N) is 1. The predicted molar refractivity (Wildman–Crippen MR) is 65.1 cm³/mol. The van der Waals surface area contributed by atoms with Crippen molar-refractivity contribution in [2.24, 2.45) is 0 Å². The molecule has 2 rings (SSSR count). The number of hydrogen-bond donors (Lipinski definition) is 1. The molecule has 0 aliphatic rings. The number of benzene rings is 1. The summed E-state index contributed by atoms with van der Waals surface area (Å²) in [5, 5.41) is 1.01. The van der Waals surface area contributed by atoms with Crippen LogP contribution >= 0.6 is 0 Å². The van der Waals surface area contributed by atoms with Crippen molar-refractivity contribution in [3.63, 3.8) is 0 Å². The van der Waals surface area contributed by atoms with Gasteiger partial charge in [-0.3, -0.25) is 0 Å². The summed E-state index contributed by atoms with van der Waals surface area (Å²) in [6.45, 7) is 0.988. The Morgan fingerprint density at radius 3 is 3.00 bits per heavy atom. The van der Waals surface area contributed by atoms with Crippen molar-refractivity contribution >= 4 is 16.9 Å². The maximum absolute atomic E-state index is 11.7. The fourth-order valence-electron chi connectivity index (χ4n) is 1.63. The smallest absolute Gasteiger partial charge is 0.338 e. The summed E-state index contributed by atoms with van der Waals surface area (Å²) < 4.78 is 10.0. The first-order valence-electron chi connectivity index (χ1n) is 5.54. The zero-order chi connectivity index (χ0) is 12.1. The Morgan fingerprint density at radius 1 is 1.29 bits per heavy atom. The van der Waals surface area contributed by atoms with Gasteiger partial charge < -0.3 is 14.5 Å². The van der Waals surface area contributed by atoms with Crippen molar-refractivity contribution < 1.29 is 14.3 Å². The fraction of sp³-hybridized carbons (Fsp3) is 0.308. The molecule has 4 heteroatoms. The van der Waals surface area contributed by atoms with E-state index in [4.69, 9.17) is 9.47 Å². The zero-order valence-electron chi connectivity index (χ0n) is 9.73. The molecule has 0 radical (unpaired) electrons. The van der Waals surface area contributed by atoms with Crippen LogP contribution in [-0.2, 0) is 9.47 Å². The van der Waals surface area contributed by atoms with Crippen molar-refractivity contribution in [2.75, 3.05) is 20.3 Å². The Balaban J connectivity index is 1.98. The van der Waals surface area contributed by atoms with Gasteiger partial charge >= 0.3 is 5.97 Å². The number of aromatic amines is 1. The van der Waals surface area contributed by atoms with Gasteiger partial charge in [0.05, 0.1) is 12.2 Å². The molecule has 0 saturated heterocycles. The molecule has 0 unspecified atom stereocenters. The van der Waals surface area contributed by atoms with Crippen LogP contribution in [0.2, 0.25) is 0 Å². The standard InChI is InChI=1S/C13H15NO3/c1-16-7-2-8-17-13(15)11-3-4-12-10(9-11)5-6-14-12/h3-6,9,14H,2,7-8H2,1H3. The third-order valence-corrected chi connectivity index (χ3v) is 2.51. The lowest BCUT2D eigenvalue weighted by molar-refractivity contribution is 0.0468. The maximum Gasteiger partial charge on any atom is 0.338 e. The van der Waals surface area contributed by atoms with Gasteiger partial charge in [0, 0.05) is 37.2 Å². The molecule has 0 bridgehead atoms. The highest BCUT2D eigenvalue weighted by Gasteiger charge is 2.07. The first-order valence-corrected chi connectivity index (χ1v) is 5.54. The van der Waals surface area contributed by atoms with Crippen LogP contribution in [0.3, 0.4) is 0 Å². The molecule has 0 aliphatic carbocycles. The van der Waals surface area contributed by atoms with Gasteiger partial charge in [0.25, 0.3) is 0 Å². The van der Waals surface area contributed by atoms with Crippen molar-refractivity contribution in [2.45, 2.75) is 6.42 Å². The number of aromatic nitrogens is 1. The molecule has 0 atom stereocenters. The van der Waals surface area contributed by atoms with E-state index in [0.717, 1.165) is 10.9 Å². The molecule has 0 saturated carbocycles. The Morgan fingerprint density at radius 2 is 2.18 bits per heavy atom. The number of H-pyrrole nitrogens is 1. The second-order valence-corrected chi connectivity index (χ2v) is 3.76. The normalized spacial score (nSPS) is 10.6.